The molecule has 96 valence electrons. The predicted molar refractivity (Wildman–Crippen MR) is 75.5 cm³/mol. The third-order valence-corrected chi connectivity index (χ3v) is 4.12. The summed E-state index contributed by atoms with van der Waals surface area (Å²) in [5, 5.41) is 3.27. The molecule has 4 heteroatoms. The zero-order valence-electron chi connectivity index (χ0n) is 10.3. The van der Waals surface area contributed by atoms with Crippen LogP contribution in [0.4, 0.5) is 10.1 Å². The van der Waals surface area contributed by atoms with Gasteiger partial charge in [0.15, 0.2) is 0 Å². The molecule has 0 spiro atoms. The first-order chi connectivity index (χ1) is 8.72. The number of halogens is 1. The van der Waals surface area contributed by atoms with E-state index in [0.717, 1.165) is 12.1 Å². The van der Waals surface area contributed by atoms with E-state index < -0.39 is 0 Å². The Bertz CT molecular complexity index is 510. The van der Waals surface area contributed by atoms with Gasteiger partial charge in [-0.2, -0.15) is 0 Å². The van der Waals surface area contributed by atoms with Crippen LogP contribution in [0.3, 0.4) is 0 Å². The van der Waals surface area contributed by atoms with Gasteiger partial charge in [-0.25, -0.2) is 4.39 Å². The smallest absolute Gasteiger partial charge is 0.125 e. The van der Waals surface area contributed by atoms with Crippen molar-refractivity contribution in [2.24, 2.45) is 5.73 Å². The highest BCUT2D eigenvalue weighted by Crippen LogP contribution is 2.26. The highest BCUT2D eigenvalue weighted by Gasteiger charge is 2.12. The summed E-state index contributed by atoms with van der Waals surface area (Å²) < 4.78 is 13.1. The fourth-order valence-corrected chi connectivity index (χ4v) is 2.81. The van der Waals surface area contributed by atoms with Crippen molar-refractivity contribution in [2.75, 3.05) is 11.9 Å². The van der Waals surface area contributed by atoms with Crippen LogP contribution in [-0.4, -0.2) is 6.54 Å². The zero-order chi connectivity index (χ0) is 13.0. The molecule has 1 aromatic carbocycles. The molecule has 0 aliphatic carbocycles. The largest absolute Gasteiger partial charge is 0.376 e. The average molecular weight is 264 g/mol. The Kier molecular flexibility index (Phi) is 4.33. The second-order valence-electron chi connectivity index (χ2n) is 4.10. The minimum atomic E-state index is -0.240. The Balaban J connectivity index is 2.14. The molecule has 18 heavy (non-hydrogen) atoms. The molecule has 2 rings (SSSR count). The molecule has 0 saturated heterocycles. The summed E-state index contributed by atoms with van der Waals surface area (Å²) in [6, 6.07) is 10.7. The fraction of sp³-hybridized carbons (Fsp3) is 0.286. The van der Waals surface area contributed by atoms with Gasteiger partial charge in [-0.3, -0.25) is 0 Å². The number of hydrogen-bond donors (Lipinski definition) is 2. The van der Waals surface area contributed by atoms with Crippen molar-refractivity contribution < 1.29 is 4.39 Å². The van der Waals surface area contributed by atoms with Crippen LogP contribution in [0.1, 0.15) is 22.7 Å². The molecular weight excluding hydrogens is 247 g/mol. The molecule has 0 aliphatic heterocycles. The van der Waals surface area contributed by atoms with Crippen LogP contribution in [0.25, 0.3) is 0 Å². The Labute approximate surface area is 111 Å². The van der Waals surface area contributed by atoms with E-state index >= 15 is 0 Å². The maximum atomic E-state index is 13.1. The van der Waals surface area contributed by atoms with Crippen LogP contribution >= 0.6 is 11.3 Å². The lowest BCUT2D eigenvalue weighted by Gasteiger charge is -2.16. The quantitative estimate of drug-likeness (QED) is 0.866. The Hall–Kier alpha value is -1.39. The Morgan fingerprint density at radius 2 is 2.17 bits per heavy atom. The van der Waals surface area contributed by atoms with Gasteiger partial charge in [0, 0.05) is 22.0 Å². The van der Waals surface area contributed by atoms with E-state index in [1.54, 1.807) is 17.4 Å². The van der Waals surface area contributed by atoms with Gasteiger partial charge < -0.3 is 11.1 Å². The molecule has 0 bridgehead atoms. The topological polar surface area (TPSA) is 38.0 Å². The van der Waals surface area contributed by atoms with E-state index in [9.17, 15) is 4.39 Å². The maximum absolute atomic E-state index is 13.1. The van der Waals surface area contributed by atoms with Crippen molar-refractivity contribution in [3.05, 3.63) is 52.0 Å². The van der Waals surface area contributed by atoms with Crippen LogP contribution in [0, 0.1) is 5.82 Å². The number of rotatable bonds is 5. The molecule has 1 aromatic heterocycles. The molecule has 0 amide bonds. The second kappa shape index (κ2) is 5.98. The van der Waals surface area contributed by atoms with Gasteiger partial charge in [0.1, 0.15) is 5.82 Å². The van der Waals surface area contributed by atoms with Crippen molar-refractivity contribution in [3.63, 3.8) is 0 Å². The molecule has 1 heterocycles. The summed E-state index contributed by atoms with van der Waals surface area (Å²) in [7, 11) is 0. The summed E-state index contributed by atoms with van der Waals surface area (Å²) >= 11 is 1.75. The molecule has 2 aromatic rings. The Morgan fingerprint density at radius 3 is 2.78 bits per heavy atom. The predicted octanol–water partition coefficient (Wildman–Crippen LogP) is 3.56. The maximum Gasteiger partial charge on any atom is 0.125 e. The molecule has 1 unspecified atom stereocenters. The number of hydrogen-bond acceptors (Lipinski definition) is 3. The molecule has 0 fully saturated rings. The number of nitrogens with one attached hydrogen (secondary N) is 1. The van der Waals surface area contributed by atoms with Crippen molar-refractivity contribution >= 4 is 17.0 Å². The normalized spacial score (nSPS) is 12.4. The van der Waals surface area contributed by atoms with E-state index in [2.05, 4.69) is 24.4 Å². The van der Waals surface area contributed by atoms with E-state index in [4.69, 9.17) is 5.73 Å². The lowest BCUT2D eigenvalue weighted by Crippen LogP contribution is -2.19. The van der Waals surface area contributed by atoms with E-state index in [1.807, 2.05) is 6.07 Å². The summed E-state index contributed by atoms with van der Waals surface area (Å²) in [5.41, 5.74) is 6.55. The Morgan fingerprint density at radius 1 is 1.33 bits per heavy atom. The monoisotopic (exact) mass is 264 g/mol. The van der Waals surface area contributed by atoms with Crippen molar-refractivity contribution in [2.45, 2.75) is 19.4 Å². The van der Waals surface area contributed by atoms with Gasteiger partial charge in [-0.15, -0.1) is 11.3 Å². The summed E-state index contributed by atoms with van der Waals surface area (Å²) in [6.07, 6.45) is 1.03. The second-order valence-corrected chi connectivity index (χ2v) is 5.30. The molecule has 2 nitrogen and oxygen atoms in total. The van der Waals surface area contributed by atoms with Crippen LogP contribution in [0.2, 0.25) is 0 Å². The van der Waals surface area contributed by atoms with E-state index in [-0.39, 0.29) is 11.9 Å². The van der Waals surface area contributed by atoms with Gasteiger partial charge in [-0.05, 0) is 36.8 Å². The molecule has 0 saturated carbocycles. The lowest BCUT2D eigenvalue weighted by atomic mass is 10.2. The van der Waals surface area contributed by atoms with Gasteiger partial charge in [-0.1, -0.05) is 13.0 Å². The molecule has 0 aliphatic rings. The van der Waals surface area contributed by atoms with Gasteiger partial charge >= 0.3 is 0 Å². The standard InChI is InChI=1S/C14H17FN2S/c1-2-12-6-7-14(18-12)13(9-16)17-11-5-3-4-10(15)8-11/h3-8,13,17H,2,9,16H2,1H3. The van der Waals surface area contributed by atoms with Crippen molar-refractivity contribution in [1.82, 2.24) is 0 Å². The van der Waals surface area contributed by atoms with Gasteiger partial charge in [0.05, 0.1) is 6.04 Å². The van der Waals surface area contributed by atoms with Crippen molar-refractivity contribution in [1.29, 1.82) is 0 Å². The average Bonchev–Trinajstić information content (AvgIpc) is 2.84. The van der Waals surface area contributed by atoms with Crippen LogP contribution < -0.4 is 11.1 Å². The summed E-state index contributed by atoms with van der Waals surface area (Å²) in [4.78, 5) is 2.53. The third-order valence-electron chi connectivity index (χ3n) is 2.78. The van der Waals surface area contributed by atoms with Crippen LogP contribution in [0.15, 0.2) is 36.4 Å². The number of thiophene rings is 1. The first-order valence-electron chi connectivity index (χ1n) is 6.03. The van der Waals surface area contributed by atoms with Crippen LogP contribution in [-0.2, 0) is 6.42 Å². The highest BCUT2D eigenvalue weighted by molar-refractivity contribution is 7.12. The lowest BCUT2D eigenvalue weighted by molar-refractivity contribution is 0.627. The molecule has 1 atom stereocenters. The number of aryl methyl sites for hydroxylation is 1. The fourth-order valence-electron chi connectivity index (χ4n) is 1.80. The third kappa shape index (κ3) is 3.09. The van der Waals surface area contributed by atoms with E-state index in [1.165, 1.54) is 21.9 Å². The van der Waals surface area contributed by atoms with Gasteiger partial charge in [0.2, 0.25) is 0 Å². The van der Waals surface area contributed by atoms with Crippen LogP contribution in [0.5, 0.6) is 0 Å². The van der Waals surface area contributed by atoms with Crippen molar-refractivity contribution in [3.8, 4) is 0 Å². The first-order valence-corrected chi connectivity index (χ1v) is 6.85. The zero-order valence-corrected chi connectivity index (χ0v) is 11.1. The molecule has 0 radical (unpaired) electrons. The summed E-state index contributed by atoms with van der Waals surface area (Å²) in [5.74, 6) is -0.240. The molecular formula is C14H17FN2S. The minimum Gasteiger partial charge on any atom is -0.376 e. The number of nitrogens with two attached hydrogens (primary N) is 1. The van der Waals surface area contributed by atoms with Gasteiger partial charge in [0.25, 0.3) is 0 Å². The minimum absolute atomic E-state index is 0.0390. The first kappa shape index (κ1) is 13.1. The molecule has 3 N–H and O–H groups in total. The SMILES string of the molecule is CCc1ccc(C(CN)Nc2cccc(F)c2)s1. The summed E-state index contributed by atoms with van der Waals surface area (Å²) in [6.45, 7) is 2.62. The number of anilines is 1. The highest BCUT2D eigenvalue weighted by atomic mass is 32.1. The number of benzene rings is 1. The van der Waals surface area contributed by atoms with E-state index in [0.29, 0.717) is 6.54 Å².